The molecule has 0 radical (unpaired) electrons. The molecule has 1 amide bonds. The van der Waals surface area contributed by atoms with Crippen LogP contribution in [0.2, 0.25) is 10.0 Å². The smallest absolute Gasteiger partial charge is 0.264 e. The molecular weight excluding hydrogens is 431 g/mol. The summed E-state index contributed by atoms with van der Waals surface area (Å²) in [5.41, 5.74) is 1.52. The van der Waals surface area contributed by atoms with E-state index < -0.39 is 0 Å². The van der Waals surface area contributed by atoms with Crippen molar-refractivity contribution in [3.05, 3.63) is 75.3 Å². The number of amides is 1. The Bertz CT molecular complexity index is 1140. The molecule has 1 saturated heterocycles. The van der Waals surface area contributed by atoms with Crippen molar-refractivity contribution in [2.45, 2.75) is 0 Å². The van der Waals surface area contributed by atoms with Crippen molar-refractivity contribution in [1.82, 2.24) is 5.32 Å². The topological polar surface area (TPSA) is 63.8 Å². The van der Waals surface area contributed by atoms with Crippen LogP contribution in [0.4, 0.5) is 5.69 Å². The van der Waals surface area contributed by atoms with Crippen LogP contribution in [0.3, 0.4) is 0 Å². The maximum Gasteiger partial charge on any atom is 0.264 e. The Kier molecular flexibility index (Phi) is 5.67. The molecule has 2 aromatic carbocycles. The van der Waals surface area contributed by atoms with Gasteiger partial charge >= 0.3 is 0 Å². The molecule has 146 valence electrons. The van der Waals surface area contributed by atoms with Crippen LogP contribution in [0.5, 0.6) is 5.75 Å². The molecule has 0 saturated carbocycles. The zero-order valence-electron chi connectivity index (χ0n) is 15.1. The SMILES string of the molecule is COc1ccc(N=C2NC(=O)/C(=C\c3ccc(-c4ccc(Cl)c(Cl)c4)o3)S2)cc1. The second-order valence-corrected chi connectivity index (χ2v) is 7.86. The standard InChI is InChI=1S/C21H14Cl2N2O3S/c1-27-14-5-3-13(4-6-14)24-21-25-20(26)19(29-21)11-15-7-9-18(28-15)12-2-8-16(22)17(23)10-12/h2-11H,1H3,(H,24,25,26)/b19-11+. The molecule has 1 aliphatic rings. The lowest BCUT2D eigenvalue weighted by molar-refractivity contribution is -0.115. The van der Waals surface area contributed by atoms with E-state index in [2.05, 4.69) is 10.3 Å². The number of nitrogens with one attached hydrogen (secondary N) is 1. The van der Waals surface area contributed by atoms with Gasteiger partial charge in [0, 0.05) is 11.6 Å². The van der Waals surface area contributed by atoms with Crippen molar-refractivity contribution >= 4 is 57.8 Å². The van der Waals surface area contributed by atoms with Gasteiger partial charge in [-0.05, 0) is 66.4 Å². The van der Waals surface area contributed by atoms with E-state index in [9.17, 15) is 4.79 Å². The maximum absolute atomic E-state index is 12.3. The zero-order valence-corrected chi connectivity index (χ0v) is 17.4. The molecule has 3 aromatic rings. The summed E-state index contributed by atoms with van der Waals surface area (Å²) < 4.78 is 11.0. The number of hydrogen-bond acceptors (Lipinski definition) is 5. The Morgan fingerprint density at radius 2 is 1.86 bits per heavy atom. The number of hydrogen-bond donors (Lipinski definition) is 1. The van der Waals surface area contributed by atoms with E-state index in [0.717, 1.165) is 17.0 Å². The van der Waals surface area contributed by atoms with E-state index in [0.29, 0.717) is 31.6 Å². The van der Waals surface area contributed by atoms with Gasteiger partial charge in [-0.3, -0.25) is 4.79 Å². The van der Waals surface area contributed by atoms with Crippen LogP contribution in [-0.2, 0) is 4.79 Å². The minimum absolute atomic E-state index is 0.227. The largest absolute Gasteiger partial charge is 0.497 e. The van der Waals surface area contributed by atoms with Crippen LogP contribution in [0.1, 0.15) is 5.76 Å². The summed E-state index contributed by atoms with van der Waals surface area (Å²) in [6.45, 7) is 0. The lowest BCUT2D eigenvalue weighted by Crippen LogP contribution is -2.19. The van der Waals surface area contributed by atoms with Crippen molar-refractivity contribution in [2.75, 3.05) is 7.11 Å². The first-order valence-corrected chi connectivity index (χ1v) is 10.1. The van der Waals surface area contributed by atoms with Gasteiger partial charge in [0.25, 0.3) is 5.91 Å². The van der Waals surface area contributed by atoms with Crippen molar-refractivity contribution < 1.29 is 13.9 Å². The Morgan fingerprint density at radius 3 is 2.59 bits per heavy atom. The monoisotopic (exact) mass is 444 g/mol. The van der Waals surface area contributed by atoms with Crippen LogP contribution in [-0.4, -0.2) is 18.2 Å². The highest BCUT2D eigenvalue weighted by atomic mass is 35.5. The molecule has 2 heterocycles. The third-order valence-corrected chi connectivity index (χ3v) is 5.71. The molecule has 8 heteroatoms. The van der Waals surface area contributed by atoms with Gasteiger partial charge in [-0.1, -0.05) is 23.2 Å². The van der Waals surface area contributed by atoms with E-state index in [4.69, 9.17) is 32.4 Å². The minimum atomic E-state index is -0.227. The summed E-state index contributed by atoms with van der Waals surface area (Å²) in [7, 11) is 1.60. The van der Waals surface area contributed by atoms with Gasteiger partial charge in [-0.2, -0.15) is 0 Å². The lowest BCUT2D eigenvalue weighted by Gasteiger charge is -2.00. The number of thioether (sulfide) groups is 1. The summed E-state index contributed by atoms with van der Waals surface area (Å²) >= 11 is 13.3. The molecule has 1 aliphatic heterocycles. The summed E-state index contributed by atoms with van der Waals surface area (Å²) in [4.78, 5) is 17.2. The van der Waals surface area contributed by atoms with Gasteiger partial charge in [0.1, 0.15) is 17.3 Å². The highest BCUT2D eigenvalue weighted by Gasteiger charge is 2.24. The zero-order chi connectivity index (χ0) is 20.4. The molecule has 4 rings (SSSR count). The van der Waals surface area contributed by atoms with Crippen LogP contribution in [0.25, 0.3) is 17.4 Å². The quantitative estimate of drug-likeness (QED) is 0.489. The number of carbonyl (C=O) groups excluding carboxylic acids is 1. The third-order valence-electron chi connectivity index (χ3n) is 4.06. The number of aliphatic imine (C=N–C) groups is 1. The number of methoxy groups -OCH3 is 1. The first-order valence-electron chi connectivity index (χ1n) is 8.51. The van der Waals surface area contributed by atoms with E-state index >= 15 is 0 Å². The first kappa shape index (κ1) is 19.6. The van der Waals surface area contributed by atoms with Gasteiger partial charge in [0.15, 0.2) is 5.17 Å². The van der Waals surface area contributed by atoms with Crippen LogP contribution in [0.15, 0.2) is 68.9 Å². The van der Waals surface area contributed by atoms with E-state index in [1.54, 1.807) is 31.4 Å². The number of ether oxygens (including phenoxy) is 1. The Morgan fingerprint density at radius 1 is 1.07 bits per heavy atom. The number of nitrogens with zero attached hydrogens (tertiary/aromatic N) is 1. The predicted octanol–water partition coefficient (Wildman–Crippen LogP) is 6.15. The Balaban J connectivity index is 1.52. The molecule has 5 nitrogen and oxygen atoms in total. The van der Waals surface area contributed by atoms with E-state index in [-0.39, 0.29) is 5.91 Å². The second-order valence-electron chi connectivity index (χ2n) is 6.01. The number of rotatable bonds is 4. The highest BCUT2D eigenvalue weighted by Crippen LogP contribution is 2.32. The molecule has 0 bridgehead atoms. The molecule has 1 N–H and O–H groups in total. The van der Waals surface area contributed by atoms with Gasteiger partial charge < -0.3 is 14.5 Å². The van der Waals surface area contributed by atoms with Crippen molar-refractivity contribution in [3.8, 4) is 17.1 Å². The Hall–Kier alpha value is -2.67. The number of benzene rings is 2. The fourth-order valence-corrected chi connectivity index (χ4v) is 3.74. The van der Waals surface area contributed by atoms with Gasteiger partial charge in [-0.25, -0.2) is 4.99 Å². The normalized spacial score (nSPS) is 16.4. The van der Waals surface area contributed by atoms with Crippen molar-refractivity contribution in [3.63, 3.8) is 0 Å². The first-order chi connectivity index (χ1) is 14.0. The number of amidine groups is 1. The Labute approximate surface area is 181 Å². The molecule has 0 atom stereocenters. The summed E-state index contributed by atoms with van der Waals surface area (Å²) in [6.07, 6.45) is 1.68. The number of halogens is 2. The van der Waals surface area contributed by atoms with E-state index in [1.165, 1.54) is 11.8 Å². The number of furan rings is 1. The summed E-state index contributed by atoms with van der Waals surface area (Å²) in [6, 6.07) is 16.1. The van der Waals surface area contributed by atoms with Gasteiger partial charge in [0.05, 0.1) is 27.7 Å². The average molecular weight is 445 g/mol. The van der Waals surface area contributed by atoms with Gasteiger partial charge in [-0.15, -0.1) is 0 Å². The third kappa shape index (κ3) is 4.50. The summed E-state index contributed by atoms with van der Waals surface area (Å²) in [5, 5.41) is 4.18. The fraction of sp³-hybridized carbons (Fsp3) is 0.0476. The van der Waals surface area contributed by atoms with E-state index in [1.807, 2.05) is 36.4 Å². The van der Waals surface area contributed by atoms with Crippen LogP contribution < -0.4 is 10.1 Å². The van der Waals surface area contributed by atoms with Crippen LogP contribution >= 0.6 is 35.0 Å². The molecule has 1 aromatic heterocycles. The average Bonchev–Trinajstić information content (AvgIpc) is 3.32. The lowest BCUT2D eigenvalue weighted by atomic mass is 10.2. The number of carbonyl (C=O) groups is 1. The van der Waals surface area contributed by atoms with Crippen LogP contribution in [0, 0.1) is 0 Å². The second kappa shape index (κ2) is 8.37. The van der Waals surface area contributed by atoms with Crippen molar-refractivity contribution in [2.24, 2.45) is 4.99 Å². The van der Waals surface area contributed by atoms with Gasteiger partial charge in [0.2, 0.25) is 0 Å². The molecule has 0 unspecified atom stereocenters. The predicted molar refractivity (Wildman–Crippen MR) is 118 cm³/mol. The summed E-state index contributed by atoms with van der Waals surface area (Å²) in [5.74, 6) is 1.70. The molecular formula is C21H14Cl2N2O3S. The fourth-order valence-electron chi connectivity index (χ4n) is 2.62. The molecule has 0 spiro atoms. The molecule has 0 aliphatic carbocycles. The van der Waals surface area contributed by atoms with Crippen molar-refractivity contribution in [1.29, 1.82) is 0 Å². The molecule has 29 heavy (non-hydrogen) atoms. The highest BCUT2D eigenvalue weighted by molar-refractivity contribution is 8.18. The molecule has 1 fully saturated rings. The maximum atomic E-state index is 12.3. The minimum Gasteiger partial charge on any atom is -0.497 e.